The average Bonchev–Trinajstić information content (AvgIpc) is 2.97. The molecule has 0 saturated carbocycles. The number of fused-ring (bicyclic) bond motifs is 1. The zero-order valence-electron chi connectivity index (χ0n) is 16.7. The number of aliphatic hydroxyl groups excluding tert-OH is 1. The molecule has 2 aliphatic heterocycles. The number of hydrazine groups is 1. The number of hydrogen-bond acceptors (Lipinski definition) is 7. The SMILES string of the molecule is CC(=O)Nc1nccc2c1CN(C(C)C1=CC(C)=C(OCC(C)(F)F)NN1)C2O. The topological polar surface area (TPSA) is 98.8 Å². The number of aliphatic hydroxyl groups is 1. The summed E-state index contributed by atoms with van der Waals surface area (Å²) in [6.45, 7) is 5.50. The van der Waals surface area contributed by atoms with Crippen molar-refractivity contribution in [2.24, 2.45) is 0 Å². The summed E-state index contributed by atoms with van der Waals surface area (Å²) in [5.74, 6) is -2.51. The zero-order valence-corrected chi connectivity index (χ0v) is 16.7. The Bertz CT molecular complexity index is 866. The second kappa shape index (κ2) is 7.96. The van der Waals surface area contributed by atoms with E-state index in [0.29, 0.717) is 23.5 Å². The number of alkyl halides is 2. The summed E-state index contributed by atoms with van der Waals surface area (Å²) in [7, 11) is 0. The third-order valence-electron chi connectivity index (χ3n) is 4.79. The molecule has 3 rings (SSSR count). The predicted molar refractivity (Wildman–Crippen MR) is 102 cm³/mol. The molecular weight excluding hydrogens is 384 g/mol. The van der Waals surface area contributed by atoms with E-state index in [0.717, 1.165) is 18.2 Å². The maximum atomic E-state index is 13.0. The van der Waals surface area contributed by atoms with E-state index in [-0.39, 0.29) is 17.8 Å². The zero-order chi connectivity index (χ0) is 21.3. The molecule has 1 amide bonds. The lowest BCUT2D eigenvalue weighted by Gasteiger charge is -2.32. The van der Waals surface area contributed by atoms with E-state index in [1.54, 1.807) is 25.3 Å². The molecular formula is C19H25F2N5O3. The number of hydrogen-bond donors (Lipinski definition) is 4. The molecule has 3 heterocycles. The molecule has 2 unspecified atom stereocenters. The van der Waals surface area contributed by atoms with Crippen molar-refractivity contribution in [3.63, 3.8) is 0 Å². The molecule has 10 heteroatoms. The summed E-state index contributed by atoms with van der Waals surface area (Å²) in [5, 5.41) is 13.5. The van der Waals surface area contributed by atoms with Gasteiger partial charge < -0.3 is 20.6 Å². The highest BCUT2D eigenvalue weighted by molar-refractivity contribution is 5.88. The summed E-state index contributed by atoms with van der Waals surface area (Å²) in [4.78, 5) is 17.4. The van der Waals surface area contributed by atoms with Crippen molar-refractivity contribution in [3.05, 3.63) is 46.6 Å². The normalized spacial score (nSPS) is 20.4. The number of pyridine rings is 1. The van der Waals surface area contributed by atoms with Gasteiger partial charge in [0, 0.05) is 49.0 Å². The Labute approximate surface area is 167 Å². The van der Waals surface area contributed by atoms with E-state index < -0.39 is 18.8 Å². The van der Waals surface area contributed by atoms with Gasteiger partial charge in [0.1, 0.15) is 12.0 Å². The van der Waals surface area contributed by atoms with Crippen LogP contribution in [0.4, 0.5) is 14.6 Å². The summed E-state index contributed by atoms with van der Waals surface area (Å²) >= 11 is 0. The van der Waals surface area contributed by atoms with Crippen LogP contribution < -0.4 is 16.2 Å². The summed E-state index contributed by atoms with van der Waals surface area (Å²) in [6.07, 6.45) is 2.45. The molecule has 158 valence electrons. The van der Waals surface area contributed by atoms with Gasteiger partial charge in [0.2, 0.25) is 11.8 Å². The first-order valence-electron chi connectivity index (χ1n) is 9.21. The molecule has 0 aliphatic carbocycles. The fourth-order valence-electron chi connectivity index (χ4n) is 3.30. The minimum absolute atomic E-state index is 0.227. The monoisotopic (exact) mass is 409 g/mol. The minimum atomic E-state index is -2.93. The number of carbonyl (C=O) groups excluding carboxylic acids is 1. The number of nitrogens with one attached hydrogen (secondary N) is 3. The number of allylic oxidation sites excluding steroid dienone is 2. The number of ether oxygens (including phenoxy) is 1. The molecule has 2 atom stereocenters. The number of halogens is 2. The summed E-state index contributed by atoms with van der Waals surface area (Å²) in [5.41, 5.74) is 8.58. The van der Waals surface area contributed by atoms with Gasteiger partial charge in [-0.25, -0.2) is 13.8 Å². The Kier molecular flexibility index (Phi) is 5.76. The van der Waals surface area contributed by atoms with E-state index in [4.69, 9.17) is 4.74 Å². The van der Waals surface area contributed by atoms with E-state index >= 15 is 0 Å². The van der Waals surface area contributed by atoms with Crippen molar-refractivity contribution in [2.75, 3.05) is 11.9 Å². The third-order valence-corrected chi connectivity index (χ3v) is 4.79. The first kappa shape index (κ1) is 21.0. The maximum Gasteiger partial charge on any atom is 0.278 e. The second-order valence-corrected chi connectivity index (χ2v) is 7.35. The van der Waals surface area contributed by atoms with Crippen molar-refractivity contribution in [1.29, 1.82) is 0 Å². The van der Waals surface area contributed by atoms with Crippen LogP contribution in [0.15, 0.2) is 35.5 Å². The molecule has 0 fully saturated rings. The Morgan fingerprint density at radius 3 is 2.86 bits per heavy atom. The first-order chi connectivity index (χ1) is 13.6. The molecule has 0 saturated heterocycles. The standard InChI is InChI=1S/C19H25F2N5O3/c1-10-7-15(24-25-17(10)29-9-19(4,20)21)11(2)26-8-14-13(18(26)28)5-6-22-16(14)23-12(3)27/h5-7,11,18,24-25,28H,8-9H2,1-4H3,(H,22,23,27). The van der Waals surface area contributed by atoms with Crippen molar-refractivity contribution in [1.82, 2.24) is 20.7 Å². The highest BCUT2D eigenvalue weighted by atomic mass is 19.3. The molecule has 0 bridgehead atoms. The van der Waals surface area contributed by atoms with Gasteiger partial charge in [-0.2, -0.15) is 0 Å². The Balaban J connectivity index is 1.77. The number of nitrogens with zero attached hydrogens (tertiary/aromatic N) is 2. The number of carbonyl (C=O) groups is 1. The summed E-state index contributed by atoms with van der Waals surface area (Å²) < 4.78 is 31.2. The molecule has 0 spiro atoms. The van der Waals surface area contributed by atoms with Crippen LogP contribution in [0, 0.1) is 0 Å². The van der Waals surface area contributed by atoms with Gasteiger partial charge in [0.25, 0.3) is 5.92 Å². The predicted octanol–water partition coefficient (Wildman–Crippen LogP) is 2.13. The van der Waals surface area contributed by atoms with Crippen LogP contribution >= 0.6 is 0 Å². The van der Waals surface area contributed by atoms with Crippen molar-refractivity contribution < 1.29 is 23.4 Å². The van der Waals surface area contributed by atoms with Crippen molar-refractivity contribution >= 4 is 11.7 Å². The fraction of sp³-hybridized carbons (Fsp3) is 0.474. The number of anilines is 1. The minimum Gasteiger partial charge on any atom is -0.471 e. The lowest BCUT2D eigenvalue weighted by Crippen LogP contribution is -2.44. The van der Waals surface area contributed by atoms with Gasteiger partial charge >= 0.3 is 0 Å². The first-order valence-corrected chi connectivity index (χ1v) is 9.21. The quantitative estimate of drug-likeness (QED) is 0.571. The molecule has 0 radical (unpaired) electrons. The molecule has 4 N–H and O–H groups in total. The molecule has 29 heavy (non-hydrogen) atoms. The number of aromatic nitrogens is 1. The lowest BCUT2D eigenvalue weighted by molar-refractivity contribution is -0.114. The van der Waals surface area contributed by atoms with Gasteiger partial charge in [0.15, 0.2) is 6.61 Å². The van der Waals surface area contributed by atoms with Crippen LogP contribution in [0.25, 0.3) is 0 Å². The fourth-order valence-corrected chi connectivity index (χ4v) is 3.30. The van der Waals surface area contributed by atoms with Crippen LogP contribution in [0.3, 0.4) is 0 Å². The van der Waals surface area contributed by atoms with E-state index in [1.165, 1.54) is 6.92 Å². The van der Waals surface area contributed by atoms with Crippen LogP contribution in [-0.4, -0.2) is 39.5 Å². The molecule has 1 aromatic rings. The van der Waals surface area contributed by atoms with Crippen LogP contribution in [-0.2, 0) is 16.1 Å². The van der Waals surface area contributed by atoms with Crippen LogP contribution in [0.5, 0.6) is 0 Å². The molecule has 1 aromatic heterocycles. The largest absolute Gasteiger partial charge is 0.471 e. The van der Waals surface area contributed by atoms with E-state index in [1.807, 2.05) is 11.8 Å². The van der Waals surface area contributed by atoms with Crippen molar-refractivity contribution in [3.8, 4) is 0 Å². The van der Waals surface area contributed by atoms with Gasteiger partial charge in [-0.15, -0.1) is 0 Å². The number of amides is 1. The Hall–Kier alpha value is -2.72. The van der Waals surface area contributed by atoms with E-state index in [9.17, 15) is 18.7 Å². The smallest absolute Gasteiger partial charge is 0.278 e. The molecule has 2 aliphatic rings. The number of rotatable bonds is 6. The average molecular weight is 409 g/mol. The highest BCUT2D eigenvalue weighted by Crippen LogP contribution is 2.37. The molecule has 0 aromatic carbocycles. The Morgan fingerprint density at radius 2 is 2.24 bits per heavy atom. The van der Waals surface area contributed by atoms with Gasteiger partial charge in [-0.05, 0) is 26.0 Å². The highest BCUT2D eigenvalue weighted by Gasteiger charge is 2.36. The third kappa shape index (κ3) is 4.65. The Morgan fingerprint density at radius 1 is 1.52 bits per heavy atom. The second-order valence-electron chi connectivity index (χ2n) is 7.35. The summed E-state index contributed by atoms with van der Waals surface area (Å²) in [6, 6.07) is 1.47. The van der Waals surface area contributed by atoms with Crippen LogP contribution in [0.2, 0.25) is 0 Å². The van der Waals surface area contributed by atoms with Gasteiger partial charge in [-0.1, -0.05) is 0 Å². The van der Waals surface area contributed by atoms with Gasteiger partial charge in [-0.3, -0.25) is 15.1 Å². The van der Waals surface area contributed by atoms with E-state index in [2.05, 4.69) is 21.2 Å². The molecule has 8 nitrogen and oxygen atoms in total. The maximum absolute atomic E-state index is 13.0. The van der Waals surface area contributed by atoms with Crippen molar-refractivity contribution in [2.45, 2.75) is 52.4 Å². The lowest BCUT2D eigenvalue weighted by atomic mass is 10.1. The van der Waals surface area contributed by atoms with Crippen LogP contribution in [0.1, 0.15) is 45.0 Å². The van der Waals surface area contributed by atoms with Gasteiger partial charge in [0.05, 0.1) is 6.04 Å².